The molecule has 1 saturated carbocycles. The SMILES string of the molecule is CC(C)(C)OC(=O)NCC(=O)NC1CCCC12CCN(C(=O)c1ccc(NC(=O)c3ccccc3-c3ccccc3)cc1)c1ccccc1C2. The Morgan fingerprint density at radius 3 is 2.30 bits per heavy atom. The highest BCUT2D eigenvalue weighted by atomic mass is 16.6. The van der Waals surface area contributed by atoms with Gasteiger partial charge in [-0.3, -0.25) is 14.4 Å². The van der Waals surface area contributed by atoms with E-state index in [1.54, 1.807) is 51.1 Å². The third-order valence-electron chi connectivity index (χ3n) is 9.58. The van der Waals surface area contributed by atoms with Gasteiger partial charge in [-0.2, -0.15) is 0 Å². The number of fused-ring (bicyclic) bond motifs is 1. The number of amides is 4. The van der Waals surface area contributed by atoms with E-state index in [1.807, 2.05) is 71.6 Å². The first kappa shape index (κ1) is 34.4. The molecule has 1 spiro atoms. The highest BCUT2D eigenvalue weighted by molar-refractivity contribution is 6.10. The number of carbonyl (C=O) groups is 4. The molecule has 2 aliphatic rings. The van der Waals surface area contributed by atoms with E-state index in [-0.39, 0.29) is 35.7 Å². The number of benzene rings is 4. The van der Waals surface area contributed by atoms with Crippen LogP contribution in [0, 0.1) is 5.41 Å². The Balaban J connectivity index is 1.14. The van der Waals surface area contributed by atoms with Gasteiger partial charge in [-0.25, -0.2) is 4.79 Å². The molecule has 3 N–H and O–H groups in total. The maximum absolute atomic E-state index is 14.1. The quantitative estimate of drug-likeness (QED) is 0.190. The first-order valence-electron chi connectivity index (χ1n) is 17.2. The topological polar surface area (TPSA) is 117 Å². The number of hydrogen-bond donors (Lipinski definition) is 3. The largest absolute Gasteiger partial charge is 0.444 e. The average molecular weight is 673 g/mol. The second-order valence-corrected chi connectivity index (χ2v) is 14.2. The molecule has 4 amide bonds. The zero-order chi connectivity index (χ0) is 35.3. The molecule has 1 aliphatic heterocycles. The third-order valence-corrected chi connectivity index (χ3v) is 9.58. The molecule has 1 aliphatic carbocycles. The number of nitrogens with one attached hydrogen (secondary N) is 3. The van der Waals surface area contributed by atoms with Gasteiger partial charge in [0.1, 0.15) is 12.1 Å². The van der Waals surface area contributed by atoms with Crippen molar-refractivity contribution in [2.75, 3.05) is 23.3 Å². The minimum absolute atomic E-state index is 0.0894. The molecule has 0 saturated heterocycles. The lowest BCUT2D eigenvalue weighted by Gasteiger charge is -2.35. The van der Waals surface area contributed by atoms with Gasteiger partial charge in [0.05, 0.1) is 0 Å². The zero-order valence-corrected chi connectivity index (χ0v) is 28.8. The predicted molar refractivity (Wildman–Crippen MR) is 195 cm³/mol. The van der Waals surface area contributed by atoms with Crippen molar-refractivity contribution >= 4 is 35.2 Å². The van der Waals surface area contributed by atoms with Gasteiger partial charge in [0.25, 0.3) is 11.8 Å². The Morgan fingerprint density at radius 2 is 1.54 bits per heavy atom. The summed E-state index contributed by atoms with van der Waals surface area (Å²) >= 11 is 0. The van der Waals surface area contributed by atoms with E-state index in [9.17, 15) is 19.2 Å². The van der Waals surface area contributed by atoms with E-state index < -0.39 is 11.7 Å². The summed E-state index contributed by atoms with van der Waals surface area (Å²) in [5.41, 5.74) is 4.53. The molecule has 258 valence electrons. The minimum Gasteiger partial charge on any atom is -0.444 e. The lowest BCUT2D eigenvalue weighted by molar-refractivity contribution is -0.121. The van der Waals surface area contributed by atoms with Gasteiger partial charge in [-0.1, -0.05) is 73.2 Å². The molecular weight excluding hydrogens is 628 g/mol. The monoisotopic (exact) mass is 672 g/mol. The molecule has 4 aromatic carbocycles. The van der Waals surface area contributed by atoms with Crippen molar-refractivity contribution in [3.63, 3.8) is 0 Å². The van der Waals surface area contributed by atoms with Crippen molar-refractivity contribution < 1.29 is 23.9 Å². The van der Waals surface area contributed by atoms with Crippen LogP contribution in [0.3, 0.4) is 0 Å². The molecule has 6 rings (SSSR count). The summed E-state index contributed by atoms with van der Waals surface area (Å²) in [4.78, 5) is 54.4. The molecule has 4 aromatic rings. The molecule has 1 heterocycles. The number of carbonyl (C=O) groups excluding carboxylic acids is 4. The Kier molecular flexibility index (Phi) is 10.0. The number of hydrogen-bond acceptors (Lipinski definition) is 5. The number of nitrogens with zero attached hydrogens (tertiary/aromatic N) is 1. The number of alkyl carbamates (subject to hydrolysis) is 1. The highest BCUT2D eigenvalue weighted by Crippen LogP contribution is 2.47. The number of ether oxygens (including phenoxy) is 1. The van der Waals surface area contributed by atoms with Crippen LogP contribution in [0.25, 0.3) is 11.1 Å². The fourth-order valence-corrected chi connectivity index (χ4v) is 7.24. The maximum Gasteiger partial charge on any atom is 0.408 e. The van der Waals surface area contributed by atoms with Crippen molar-refractivity contribution in [2.24, 2.45) is 5.41 Å². The molecule has 0 aromatic heterocycles. The van der Waals surface area contributed by atoms with E-state index in [0.717, 1.165) is 48.1 Å². The fourth-order valence-electron chi connectivity index (χ4n) is 7.24. The average Bonchev–Trinajstić information content (AvgIpc) is 3.39. The van der Waals surface area contributed by atoms with Gasteiger partial charge in [0, 0.05) is 35.1 Å². The van der Waals surface area contributed by atoms with Crippen LogP contribution < -0.4 is 20.9 Å². The molecule has 0 radical (unpaired) electrons. The summed E-state index contributed by atoms with van der Waals surface area (Å²) in [5.74, 6) is -0.612. The Bertz CT molecular complexity index is 1870. The predicted octanol–water partition coefficient (Wildman–Crippen LogP) is 7.38. The lowest BCUT2D eigenvalue weighted by Crippen LogP contribution is -2.49. The fraction of sp³-hybridized carbons (Fsp3) is 0.317. The van der Waals surface area contributed by atoms with Crippen molar-refractivity contribution in [3.05, 3.63) is 120 Å². The van der Waals surface area contributed by atoms with Crippen LogP contribution in [0.15, 0.2) is 103 Å². The molecular formula is C41H44N4O5. The molecule has 0 bridgehead atoms. The molecule has 2 unspecified atom stereocenters. The van der Waals surface area contributed by atoms with Gasteiger partial charge in [-0.15, -0.1) is 0 Å². The number of anilines is 2. The third kappa shape index (κ3) is 7.88. The van der Waals surface area contributed by atoms with E-state index in [4.69, 9.17) is 4.74 Å². The number of rotatable bonds is 7. The summed E-state index contributed by atoms with van der Waals surface area (Å²) in [7, 11) is 0. The zero-order valence-electron chi connectivity index (χ0n) is 28.8. The summed E-state index contributed by atoms with van der Waals surface area (Å²) in [5, 5.41) is 8.74. The molecule has 2 atom stereocenters. The van der Waals surface area contributed by atoms with E-state index >= 15 is 0 Å². The lowest BCUT2D eigenvalue weighted by atomic mass is 9.74. The molecule has 9 heteroatoms. The van der Waals surface area contributed by atoms with E-state index in [1.165, 1.54) is 0 Å². The van der Waals surface area contributed by atoms with Gasteiger partial charge in [0.15, 0.2) is 0 Å². The van der Waals surface area contributed by atoms with Gasteiger partial charge in [-0.05, 0) is 105 Å². The second kappa shape index (κ2) is 14.6. The molecule has 9 nitrogen and oxygen atoms in total. The van der Waals surface area contributed by atoms with Gasteiger partial charge in [0.2, 0.25) is 5.91 Å². The van der Waals surface area contributed by atoms with Gasteiger partial charge >= 0.3 is 6.09 Å². The Hall–Kier alpha value is -5.44. The molecule has 1 fully saturated rings. The summed E-state index contributed by atoms with van der Waals surface area (Å²) in [6, 6.07) is 32.2. The van der Waals surface area contributed by atoms with Crippen molar-refractivity contribution in [2.45, 2.75) is 64.5 Å². The standard InChI is InChI=1S/C41H44N4O5/c1-40(2,3)50-39(49)42-27-36(46)44-35-18-11-23-41(35)24-25-45(34-17-10-7-14-30(34)26-41)38(48)29-19-21-31(22-20-29)43-37(47)33-16-9-8-15-32(33)28-12-5-4-6-13-28/h4-10,12-17,19-22,35H,11,18,23-27H2,1-3H3,(H,42,49)(H,43,47)(H,44,46). The summed E-state index contributed by atoms with van der Waals surface area (Å²) < 4.78 is 5.27. The number of para-hydroxylation sites is 1. The van der Waals surface area contributed by atoms with E-state index in [2.05, 4.69) is 22.0 Å². The van der Waals surface area contributed by atoms with Crippen LogP contribution in [0.2, 0.25) is 0 Å². The maximum atomic E-state index is 14.1. The van der Waals surface area contributed by atoms with E-state index in [0.29, 0.717) is 29.8 Å². The summed E-state index contributed by atoms with van der Waals surface area (Å²) in [6.45, 7) is 5.65. The first-order chi connectivity index (χ1) is 24.0. The van der Waals surface area contributed by atoms with Crippen LogP contribution in [-0.4, -0.2) is 48.5 Å². The second-order valence-electron chi connectivity index (χ2n) is 14.2. The summed E-state index contributed by atoms with van der Waals surface area (Å²) in [6.07, 6.45) is 3.53. The van der Waals surface area contributed by atoms with Crippen LogP contribution >= 0.6 is 0 Å². The van der Waals surface area contributed by atoms with Crippen LogP contribution in [-0.2, 0) is 16.0 Å². The van der Waals surface area contributed by atoms with Crippen LogP contribution in [0.1, 0.15) is 72.7 Å². The van der Waals surface area contributed by atoms with Crippen molar-refractivity contribution in [3.8, 4) is 11.1 Å². The highest BCUT2D eigenvalue weighted by Gasteiger charge is 2.46. The van der Waals surface area contributed by atoms with Gasteiger partial charge < -0.3 is 25.6 Å². The minimum atomic E-state index is -0.652. The normalized spacial score (nSPS) is 18.5. The van der Waals surface area contributed by atoms with Crippen LogP contribution in [0.4, 0.5) is 16.2 Å². The smallest absolute Gasteiger partial charge is 0.408 e. The van der Waals surface area contributed by atoms with Crippen molar-refractivity contribution in [1.82, 2.24) is 10.6 Å². The molecule has 50 heavy (non-hydrogen) atoms. The Morgan fingerprint density at radius 1 is 0.840 bits per heavy atom. The van der Waals surface area contributed by atoms with Crippen LogP contribution in [0.5, 0.6) is 0 Å². The van der Waals surface area contributed by atoms with Crippen molar-refractivity contribution in [1.29, 1.82) is 0 Å². The Labute approximate surface area is 293 Å². The first-order valence-corrected chi connectivity index (χ1v) is 17.2.